The van der Waals surface area contributed by atoms with E-state index < -0.39 is 0 Å². The van der Waals surface area contributed by atoms with Crippen molar-refractivity contribution in [3.8, 4) is 11.8 Å². The summed E-state index contributed by atoms with van der Waals surface area (Å²) < 4.78 is 5.20. The van der Waals surface area contributed by atoms with Gasteiger partial charge in [0.2, 0.25) is 0 Å². The summed E-state index contributed by atoms with van der Waals surface area (Å²) in [4.78, 5) is 13.0. The molecule has 0 fully saturated rings. The minimum absolute atomic E-state index is 0.0702. The minimum atomic E-state index is -0.298. The van der Waals surface area contributed by atoms with Crippen molar-refractivity contribution in [3.63, 3.8) is 0 Å². The number of methoxy groups -OCH3 is 1. The van der Waals surface area contributed by atoms with E-state index in [4.69, 9.17) is 4.74 Å². The Labute approximate surface area is 156 Å². The maximum atomic E-state index is 13.0. The number of allylic oxidation sites excluding steroid dienone is 6. The molecule has 0 bridgehead atoms. The Morgan fingerprint density at radius 3 is 1.73 bits per heavy atom. The van der Waals surface area contributed by atoms with Crippen LogP contribution in [0.4, 0.5) is 0 Å². The fraction of sp³-hybridized carbons (Fsp3) is 0.391. The van der Waals surface area contributed by atoms with Crippen molar-refractivity contribution in [2.24, 2.45) is 10.8 Å². The molecule has 0 heterocycles. The average molecular weight is 349 g/mol. The third-order valence-corrected chi connectivity index (χ3v) is 4.48. The maximum absolute atomic E-state index is 13.0. The van der Waals surface area contributed by atoms with Crippen LogP contribution in [0.5, 0.6) is 5.75 Å². The Morgan fingerprint density at radius 1 is 0.923 bits per heavy atom. The van der Waals surface area contributed by atoms with Crippen LogP contribution < -0.4 is 4.74 Å². The number of benzene rings is 1. The first-order valence-electron chi connectivity index (χ1n) is 8.77. The van der Waals surface area contributed by atoms with Crippen LogP contribution >= 0.6 is 0 Å². The summed E-state index contributed by atoms with van der Waals surface area (Å²) >= 11 is 0. The molecule has 1 aromatic rings. The molecule has 0 N–H and O–H groups in total. The Kier molecular flexibility index (Phi) is 5.28. The molecule has 0 unspecified atom stereocenters. The molecule has 26 heavy (non-hydrogen) atoms. The Morgan fingerprint density at radius 2 is 1.38 bits per heavy atom. The van der Waals surface area contributed by atoms with E-state index in [9.17, 15) is 10.1 Å². The number of hydrogen-bond donors (Lipinski definition) is 0. The standard InChI is InChI=1S/C23H27NO2/c1-22(2,3)19-12-16(13-20(21(19)25)23(4,5)6)18(14-24)15-8-10-17(26-7)11-9-15/h8-13H,1-7H3. The summed E-state index contributed by atoms with van der Waals surface area (Å²) in [5.41, 5.74) is 3.03. The third-order valence-electron chi connectivity index (χ3n) is 4.48. The summed E-state index contributed by atoms with van der Waals surface area (Å²) in [7, 11) is 1.61. The lowest BCUT2D eigenvalue weighted by atomic mass is 9.71. The largest absolute Gasteiger partial charge is 0.497 e. The molecule has 1 aliphatic carbocycles. The number of nitriles is 1. The average Bonchev–Trinajstić information content (AvgIpc) is 2.55. The van der Waals surface area contributed by atoms with Crippen LogP contribution in [0.2, 0.25) is 0 Å². The van der Waals surface area contributed by atoms with Crippen molar-refractivity contribution < 1.29 is 9.53 Å². The predicted octanol–water partition coefficient (Wildman–Crippen LogP) is 5.50. The van der Waals surface area contributed by atoms with Gasteiger partial charge in [0, 0.05) is 11.1 Å². The number of rotatable bonds is 2. The zero-order valence-electron chi connectivity index (χ0n) is 16.7. The van der Waals surface area contributed by atoms with Gasteiger partial charge in [0.25, 0.3) is 0 Å². The second-order valence-corrected chi connectivity index (χ2v) is 8.62. The van der Waals surface area contributed by atoms with E-state index in [0.717, 1.165) is 28.0 Å². The predicted molar refractivity (Wildman–Crippen MR) is 106 cm³/mol. The van der Waals surface area contributed by atoms with E-state index in [2.05, 4.69) is 6.07 Å². The summed E-state index contributed by atoms with van der Waals surface area (Å²) in [6.07, 6.45) is 3.75. The molecule has 0 radical (unpaired) electrons. The smallest absolute Gasteiger partial charge is 0.186 e. The van der Waals surface area contributed by atoms with E-state index in [1.54, 1.807) is 7.11 Å². The zero-order valence-corrected chi connectivity index (χ0v) is 16.7. The second kappa shape index (κ2) is 6.96. The number of nitrogens with zero attached hydrogens (tertiary/aromatic N) is 1. The molecular formula is C23H27NO2. The minimum Gasteiger partial charge on any atom is -0.497 e. The third kappa shape index (κ3) is 3.96. The molecule has 0 spiro atoms. The first-order chi connectivity index (χ1) is 12.0. The lowest BCUT2D eigenvalue weighted by molar-refractivity contribution is -0.114. The van der Waals surface area contributed by atoms with E-state index in [-0.39, 0.29) is 16.6 Å². The van der Waals surface area contributed by atoms with Crippen LogP contribution in [-0.4, -0.2) is 12.9 Å². The summed E-state index contributed by atoms with van der Waals surface area (Å²) in [5.74, 6) is 0.812. The number of Topliss-reactive ketones (excluding diaryl/α,β-unsaturated/α-hetero) is 1. The normalized spacial score (nSPS) is 15.2. The molecule has 136 valence electrons. The van der Waals surface area contributed by atoms with Crippen LogP contribution in [0.1, 0.15) is 47.1 Å². The molecule has 0 amide bonds. The highest BCUT2D eigenvalue weighted by molar-refractivity contribution is 6.12. The van der Waals surface area contributed by atoms with Gasteiger partial charge < -0.3 is 4.74 Å². The van der Waals surface area contributed by atoms with E-state index in [1.807, 2.05) is 78.0 Å². The van der Waals surface area contributed by atoms with Crippen LogP contribution in [-0.2, 0) is 4.79 Å². The Bertz CT molecular complexity index is 809. The van der Waals surface area contributed by atoms with Gasteiger partial charge in [-0.15, -0.1) is 0 Å². The maximum Gasteiger partial charge on any atom is 0.186 e. The molecule has 3 heteroatoms. The van der Waals surface area contributed by atoms with Crippen molar-refractivity contribution >= 4 is 11.4 Å². The first-order valence-corrected chi connectivity index (χ1v) is 8.77. The van der Waals surface area contributed by atoms with Crippen LogP contribution in [0.3, 0.4) is 0 Å². The lowest BCUT2D eigenvalue weighted by Gasteiger charge is -2.31. The summed E-state index contributed by atoms with van der Waals surface area (Å²) in [5, 5.41) is 9.82. The van der Waals surface area contributed by atoms with Crippen molar-refractivity contribution in [1.82, 2.24) is 0 Å². The molecular weight excluding hydrogens is 322 g/mol. The van der Waals surface area contributed by atoms with E-state index >= 15 is 0 Å². The van der Waals surface area contributed by atoms with Crippen molar-refractivity contribution in [3.05, 3.63) is 58.7 Å². The molecule has 2 rings (SSSR count). The second-order valence-electron chi connectivity index (χ2n) is 8.62. The molecule has 0 atom stereocenters. The molecule has 0 saturated carbocycles. The topological polar surface area (TPSA) is 50.1 Å². The summed E-state index contributed by atoms with van der Waals surface area (Å²) in [6, 6.07) is 9.74. The van der Waals surface area contributed by atoms with E-state index in [1.165, 1.54) is 0 Å². The zero-order chi connectivity index (χ0) is 19.7. The molecule has 3 nitrogen and oxygen atoms in total. The highest BCUT2D eigenvalue weighted by Gasteiger charge is 2.34. The van der Waals surface area contributed by atoms with Crippen molar-refractivity contribution in [1.29, 1.82) is 5.26 Å². The monoisotopic (exact) mass is 349 g/mol. The number of ether oxygens (including phenoxy) is 1. The lowest BCUT2D eigenvalue weighted by Crippen LogP contribution is -2.28. The molecule has 0 saturated heterocycles. The Balaban J connectivity index is 2.73. The quantitative estimate of drug-likeness (QED) is 0.662. The molecule has 0 aromatic heterocycles. The molecule has 1 aliphatic rings. The molecule has 1 aromatic carbocycles. The first kappa shape index (κ1) is 19.7. The van der Waals surface area contributed by atoms with Gasteiger partial charge in [0.05, 0.1) is 12.7 Å². The number of ketones is 1. The number of hydrogen-bond acceptors (Lipinski definition) is 3. The van der Waals surface area contributed by atoms with Crippen molar-refractivity contribution in [2.45, 2.75) is 41.5 Å². The fourth-order valence-corrected chi connectivity index (χ4v) is 2.94. The van der Waals surface area contributed by atoms with Gasteiger partial charge in [-0.2, -0.15) is 5.26 Å². The van der Waals surface area contributed by atoms with Gasteiger partial charge in [-0.05, 0) is 58.4 Å². The Hall–Kier alpha value is -2.60. The highest BCUT2D eigenvalue weighted by Crippen LogP contribution is 2.40. The van der Waals surface area contributed by atoms with Gasteiger partial charge in [0.1, 0.15) is 11.8 Å². The molecule has 0 aliphatic heterocycles. The van der Waals surface area contributed by atoms with Gasteiger partial charge in [-0.3, -0.25) is 4.79 Å². The summed E-state index contributed by atoms with van der Waals surface area (Å²) in [6.45, 7) is 12.2. The van der Waals surface area contributed by atoms with Crippen LogP contribution in [0, 0.1) is 22.2 Å². The fourth-order valence-electron chi connectivity index (χ4n) is 2.94. The van der Waals surface area contributed by atoms with Gasteiger partial charge in [0.15, 0.2) is 5.78 Å². The van der Waals surface area contributed by atoms with E-state index in [0.29, 0.717) is 5.57 Å². The van der Waals surface area contributed by atoms with Gasteiger partial charge in [-0.25, -0.2) is 0 Å². The van der Waals surface area contributed by atoms with Gasteiger partial charge in [-0.1, -0.05) is 41.5 Å². The number of carbonyl (C=O) groups excluding carboxylic acids is 1. The number of carbonyl (C=O) groups is 1. The SMILES string of the molecule is COc1ccc(C(C#N)=C2C=C(C(C)(C)C)C(=O)C(C(C)(C)C)=C2)cc1. The highest BCUT2D eigenvalue weighted by atomic mass is 16.5. The van der Waals surface area contributed by atoms with Crippen LogP contribution in [0.15, 0.2) is 53.1 Å². The van der Waals surface area contributed by atoms with Crippen LogP contribution in [0.25, 0.3) is 5.57 Å². The van der Waals surface area contributed by atoms with Gasteiger partial charge >= 0.3 is 0 Å². The van der Waals surface area contributed by atoms with Crippen molar-refractivity contribution in [2.75, 3.05) is 7.11 Å².